The Kier molecular flexibility index (Phi) is 5.12. The second kappa shape index (κ2) is 6.83. The molecule has 0 spiro atoms. The molecule has 2 nitrogen and oxygen atoms in total. The number of ether oxygens (including phenoxy) is 1. The van der Waals surface area contributed by atoms with Crippen LogP contribution in [0.25, 0.3) is 0 Å². The van der Waals surface area contributed by atoms with Crippen LogP contribution in [0.3, 0.4) is 0 Å². The van der Waals surface area contributed by atoms with Gasteiger partial charge in [-0.15, -0.1) is 0 Å². The van der Waals surface area contributed by atoms with E-state index in [4.69, 9.17) is 4.74 Å². The first-order valence-electron chi connectivity index (χ1n) is 7.66. The molecule has 0 radical (unpaired) electrons. The van der Waals surface area contributed by atoms with Crippen molar-refractivity contribution in [3.05, 3.63) is 23.8 Å². The van der Waals surface area contributed by atoms with E-state index in [-0.39, 0.29) is 0 Å². The van der Waals surface area contributed by atoms with E-state index < -0.39 is 0 Å². The van der Waals surface area contributed by atoms with Gasteiger partial charge in [0.1, 0.15) is 5.75 Å². The number of aryl methyl sites for hydroxylation is 1. The third-order valence-corrected chi connectivity index (χ3v) is 4.23. The molecule has 1 aromatic rings. The van der Waals surface area contributed by atoms with Gasteiger partial charge in [0.2, 0.25) is 0 Å². The minimum atomic E-state index is 0.729. The van der Waals surface area contributed by atoms with Gasteiger partial charge in [0, 0.05) is 12.2 Å². The molecule has 2 rings (SSSR count). The number of hydrogen-bond acceptors (Lipinski definition) is 2. The fourth-order valence-corrected chi connectivity index (χ4v) is 2.88. The molecular formula is C17H27NO. The van der Waals surface area contributed by atoms with Crippen LogP contribution in [0.2, 0.25) is 0 Å². The Morgan fingerprint density at radius 3 is 2.58 bits per heavy atom. The average molecular weight is 261 g/mol. The normalized spacial score (nSPS) is 23.1. The maximum atomic E-state index is 5.52. The highest BCUT2D eigenvalue weighted by atomic mass is 16.5. The van der Waals surface area contributed by atoms with Gasteiger partial charge in [-0.2, -0.15) is 0 Å². The molecule has 2 heteroatoms. The molecule has 0 saturated heterocycles. The Morgan fingerprint density at radius 1 is 1.21 bits per heavy atom. The topological polar surface area (TPSA) is 21.3 Å². The molecular weight excluding hydrogens is 234 g/mol. The van der Waals surface area contributed by atoms with Crippen LogP contribution >= 0.6 is 0 Å². The predicted octanol–water partition coefficient (Wildman–Crippen LogP) is 4.63. The van der Waals surface area contributed by atoms with Gasteiger partial charge >= 0.3 is 0 Å². The number of rotatable bonds is 5. The van der Waals surface area contributed by atoms with E-state index in [2.05, 4.69) is 37.4 Å². The van der Waals surface area contributed by atoms with E-state index in [0.717, 1.165) is 30.7 Å². The summed E-state index contributed by atoms with van der Waals surface area (Å²) in [6.45, 7) is 8.38. The first-order chi connectivity index (χ1) is 9.19. The Balaban J connectivity index is 1.85. The van der Waals surface area contributed by atoms with E-state index in [0.29, 0.717) is 0 Å². The first kappa shape index (κ1) is 14.2. The zero-order valence-electron chi connectivity index (χ0n) is 12.5. The predicted molar refractivity (Wildman–Crippen MR) is 82.0 cm³/mol. The molecule has 0 amide bonds. The number of anilines is 1. The van der Waals surface area contributed by atoms with Gasteiger partial charge in [0.25, 0.3) is 0 Å². The summed E-state index contributed by atoms with van der Waals surface area (Å²) in [6.07, 6.45) is 5.55. The maximum Gasteiger partial charge on any atom is 0.119 e. The summed E-state index contributed by atoms with van der Waals surface area (Å²) in [5.41, 5.74) is 2.53. The van der Waals surface area contributed by atoms with Crippen LogP contribution in [0.4, 0.5) is 5.69 Å². The van der Waals surface area contributed by atoms with Gasteiger partial charge in [-0.05, 0) is 62.3 Å². The van der Waals surface area contributed by atoms with Crippen LogP contribution in [-0.4, -0.2) is 13.2 Å². The molecule has 106 valence electrons. The number of hydrogen-bond donors (Lipinski definition) is 1. The molecule has 1 aliphatic rings. The smallest absolute Gasteiger partial charge is 0.119 e. The summed E-state index contributed by atoms with van der Waals surface area (Å²) in [7, 11) is 0. The van der Waals surface area contributed by atoms with Crippen LogP contribution < -0.4 is 10.1 Å². The molecule has 1 aliphatic carbocycles. The Bertz CT molecular complexity index is 394. The molecule has 0 bridgehead atoms. The van der Waals surface area contributed by atoms with Crippen LogP contribution in [-0.2, 0) is 0 Å². The van der Waals surface area contributed by atoms with Crippen molar-refractivity contribution in [2.75, 3.05) is 18.5 Å². The molecule has 0 atom stereocenters. The van der Waals surface area contributed by atoms with Crippen molar-refractivity contribution in [2.24, 2.45) is 11.8 Å². The minimum absolute atomic E-state index is 0.729. The molecule has 1 fully saturated rings. The van der Waals surface area contributed by atoms with Crippen LogP contribution in [0, 0.1) is 18.8 Å². The van der Waals surface area contributed by atoms with Gasteiger partial charge in [-0.3, -0.25) is 0 Å². The fraction of sp³-hybridized carbons (Fsp3) is 0.647. The Hall–Kier alpha value is -1.18. The quantitative estimate of drug-likeness (QED) is 0.834. The second-order valence-corrected chi connectivity index (χ2v) is 5.92. The van der Waals surface area contributed by atoms with Crippen molar-refractivity contribution in [3.8, 4) is 5.75 Å². The van der Waals surface area contributed by atoms with Crippen LogP contribution in [0.1, 0.15) is 45.1 Å². The highest BCUT2D eigenvalue weighted by Crippen LogP contribution is 2.29. The standard InChI is InChI=1S/C17H27NO/c1-4-19-16-9-10-17(14(3)11-16)18-12-15-7-5-13(2)6-8-15/h9-11,13,15,18H,4-8,12H2,1-3H3. The summed E-state index contributed by atoms with van der Waals surface area (Å²) in [4.78, 5) is 0. The molecule has 0 aromatic heterocycles. The highest BCUT2D eigenvalue weighted by molar-refractivity contribution is 5.53. The van der Waals surface area contributed by atoms with Crippen molar-refractivity contribution in [2.45, 2.75) is 46.5 Å². The van der Waals surface area contributed by atoms with Gasteiger partial charge < -0.3 is 10.1 Å². The van der Waals surface area contributed by atoms with E-state index in [9.17, 15) is 0 Å². The Morgan fingerprint density at radius 2 is 1.95 bits per heavy atom. The van der Waals surface area contributed by atoms with Gasteiger partial charge in [0.05, 0.1) is 6.61 Å². The third kappa shape index (κ3) is 4.15. The molecule has 1 saturated carbocycles. The molecule has 0 aliphatic heterocycles. The SMILES string of the molecule is CCOc1ccc(NCC2CCC(C)CC2)c(C)c1. The van der Waals surface area contributed by atoms with Gasteiger partial charge in [-0.25, -0.2) is 0 Å². The zero-order chi connectivity index (χ0) is 13.7. The summed E-state index contributed by atoms with van der Waals surface area (Å²) >= 11 is 0. The average Bonchev–Trinajstić information content (AvgIpc) is 2.40. The summed E-state index contributed by atoms with van der Waals surface area (Å²) < 4.78 is 5.52. The number of benzene rings is 1. The first-order valence-corrected chi connectivity index (χ1v) is 7.66. The van der Waals surface area contributed by atoms with Crippen molar-refractivity contribution < 1.29 is 4.74 Å². The van der Waals surface area contributed by atoms with Crippen molar-refractivity contribution in [3.63, 3.8) is 0 Å². The third-order valence-electron chi connectivity index (χ3n) is 4.23. The maximum absolute atomic E-state index is 5.52. The minimum Gasteiger partial charge on any atom is -0.494 e. The summed E-state index contributed by atoms with van der Waals surface area (Å²) in [5, 5.41) is 3.61. The van der Waals surface area contributed by atoms with E-state index >= 15 is 0 Å². The summed E-state index contributed by atoms with van der Waals surface area (Å²) in [5.74, 6) is 2.75. The fourth-order valence-electron chi connectivity index (χ4n) is 2.88. The van der Waals surface area contributed by atoms with Crippen molar-refractivity contribution in [1.82, 2.24) is 0 Å². The van der Waals surface area contributed by atoms with E-state index in [1.807, 2.05) is 6.92 Å². The zero-order valence-corrected chi connectivity index (χ0v) is 12.5. The van der Waals surface area contributed by atoms with Gasteiger partial charge in [-0.1, -0.05) is 19.8 Å². The lowest BCUT2D eigenvalue weighted by molar-refractivity contribution is 0.300. The Labute approximate surface area is 117 Å². The van der Waals surface area contributed by atoms with Crippen LogP contribution in [0.5, 0.6) is 5.75 Å². The second-order valence-electron chi connectivity index (χ2n) is 5.92. The largest absolute Gasteiger partial charge is 0.494 e. The molecule has 19 heavy (non-hydrogen) atoms. The lowest BCUT2D eigenvalue weighted by Gasteiger charge is -2.26. The number of nitrogens with one attached hydrogen (secondary N) is 1. The van der Waals surface area contributed by atoms with E-state index in [1.165, 1.54) is 36.9 Å². The highest BCUT2D eigenvalue weighted by Gasteiger charge is 2.17. The molecule has 1 N–H and O–H groups in total. The molecule has 0 heterocycles. The van der Waals surface area contributed by atoms with Gasteiger partial charge in [0.15, 0.2) is 0 Å². The van der Waals surface area contributed by atoms with Crippen LogP contribution in [0.15, 0.2) is 18.2 Å². The van der Waals surface area contributed by atoms with Crippen molar-refractivity contribution in [1.29, 1.82) is 0 Å². The molecule has 1 aromatic carbocycles. The lowest BCUT2D eigenvalue weighted by Crippen LogP contribution is -2.20. The van der Waals surface area contributed by atoms with Crippen molar-refractivity contribution >= 4 is 5.69 Å². The molecule has 0 unspecified atom stereocenters. The van der Waals surface area contributed by atoms with E-state index in [1.54, 1.807) is 0 Å². The summed E-state index contributed by atoms with van der Waals surface area (Å²) in [6, 6.07) is 6.32. The monoisotopic (exact) mass is 261 g/mol. The lowest BCUT2D eigenvalue weighted by atomic mass is 9.83.